The highest BCUT2D eigenvalue weighted by Crippen LogP contribution is 2.14. The highest BCUT2D eigenvalue weighted by atomic mass is 16.6. The average Bonchev–Trinajstić information content (AvgIpc) is 2.86. The van der Waals surface area contributed by atoms with Crippen molar-refractivity contribution in [2.75, 3.05) is 6.61 Å². The minimum absolute atomic E-state index is 0.379. The first-order valence-corrected chi connectivity index (χ1v) is 4.22. The largest absolute Gasteiger partial charge is 0.369 e. The lowest BCUT2D eigenvalue weighted by Crippen LogP contribution is -1.79. The molecule has 2 rings (SSSR count). The van der Waals surface area contributed by atoms with Gasteiger partial charge in [0, 0.05) is 0 Å². The summed E-state index contributed by atoms with van der Waals surface area (Å²) in [6, 6.07) is 8.35. The summed E-state index contributed by atoms with van der Waals surface area (Å²) in [5, 5.41) is 0. The zero-order valence-electron chi connectivity index (χ0n) is 7.16. The second-order valence-corrected chi connectivity index (χ2v) is 3.09. The highest BCUT2D eigenvalue weighted by Gasteiger charge is 2.17. The van der Waals surface area contributed by atoms with Crippen LogP contribution in [0.1, 0.15) is 11.1 Å². The van der Waals surface area contributed by atoms with Gasteiger partial charge in [-0.05, 0) is 18.1 Å². The third kappa shape index (κ3) is 1.74. The number of aryl methyl sites for hydroxylation is 1. The molecule has 0 amide bonds. The minimum Gasteiger partial charge on any atom is -0.369 e. The molecule has 0 spiro atoms. The van der Waals surface area contributed by atoms with Crippen LogP contribution < -0.4 is 0 Å². The van der Waals surface area contributed by atoms with Gasteiger partial charge in [-0.1, -0.05) is 36.4 Å². The Labute approximate surface area is 72.7 Å². The van der Waals surface area contributed by atoms with E-state index >= 15 is 0 Å². The Morgan fingerprint density at radius 2 is 2.17 bits per heavy atom. The molecule has 1 aromatic rings. The summed E-state index contributed by atoms with van der Waals surface area (Å²) in [4.78, 5) is 0. The summed E-state index contributed by atoms with van der Waals surface area (Å²) in [5.41, 5.74) is 2.60. The first-order valence-electron chi connectivity index (χ1n) is 4.22. The Kier molecular flexibility index (Phi) is 1.96. The van der Waals surface area contributed by atoms with Crippen LogP contribution in [-0.2, 0) is 4.74 Å². The van der Waals surface area contributed by atoms with Crippen LogP contribution in [0.25, 0.3) is 6.08 Å². The fourth-order valence-corrected chi connectivity index (χ4v) is 1.15. The van der Waals surface area contributed by atoms with E-state index in [1.165, 1.54) is 11.1 Å². The van der Waals surface area contributed by atoms with Crippen LogP contribution in [0.3, 0.4) is 0 Å². The maximum Gasteiger partial charge on any atom is 0.0994 e. The molecule has 62 valence electrons. The summed E-state index contributed by atoms with van der Waals surface area (Å²) < 4.78 is 5.08. The van der Waals surface area contributed by atoms with Crippen molar-refractivity contribution in [1.82, 2.24) is 0 Å². The van der Waals surface area contributed by atoms with E-state index in [0.717, 1.165) is 6.61 Å². The molecule has 0 N–H and O–H groups in total. The van der Waals surface area contributed by atoms with Crippen molar-refractivity contribution in [1.29, 1.82) is 0 Å². The molecule has 1 aliphatic heterocycles. The molecule has 1 nitrogen and oxygen atoms in total. The molecule has 0 aromatic heterocycles. The van der Waals surface area contributed by atoms with Gasteiger partial charge in [0.05, 0.1) is 12.7 Å². The van der Waals surface area contributed by atoms with E-state index in [0.29, 0.717) is 6.10 Å². The lowest BCUT2D eigenvalue weighted by Gasteiger charge is -1.96. The van der Waals surface area contributed by atoms with Crippen LogP contribution in [0.2, 0.25) is 0 Å². The topological polar surface area (TPSA) is 12.5 Å². The lowest BCUT2D eigenvalue weighted by atomic mass is 10.1. The molecular weight excluding hydrogens is 148 g/mol. The Morgan fingerprint density at radius 3 is 2.83 bits per heavy atom. The van der Waals surface area contributed by atoms with Gasteiger partial charge < -0.3 is 4.74 Å². The zero-order valence-corrected chi connectivity index (χ0v) is 7.16. The van der Waals surface area contributed by atoms with Crippen LogP contribution in [0.4, 0.5) is 0 Å². The molecule has 1 heteroatoms. The molecule has 1 heterocycles. The second-order valence-electron chi connectivity index (χ2n) is 3.09. The molecule has 1 atom stereocenters. The van der Waals surface area contributed by atoms with E-state index in [-0.39, 0.29) is 0 Å². The van der Waals surface area contributed by atoms with Crippen LogP contribution >= 0.6 is 0 Å². The Balaban J connectivity index is 2.15. The predicted molar refractivity (Wildman–Crippen MR) is 50.0 cm³/mol. The number of hydrogen-bond donors (Lipinski definition) is 0. The fourth-order valence-electron chi connectivity index (χ4n) is 1.15. The third-order valence-corrected chi connectivity index (χ3v) is 2.04. The van der Waals surface area contributed by atoms with E-state index < -0.39 is 0 Å². The van der Waals surface area contributed by atoms with Crippen molar-refractivity contribution in [3.63, 3.8) is 0 Å². The molecule has 0 radical (unpaired) electrons. The monoisotopic (exact) mass is 160 g/mol. The van der Waals surface area contributed by atoms with Gasteiger partial charge in [0.15, 0.2) is 0 Å². The zero-order chi connectivity index (χ0) is 8.39. The number of benzene rings is 1. The van der Waals surface area contributed by atoms with E-state index in [4.69, 9.17) is 4.74 Å². The quantitative estimate of drug-likeness (QED) is 0.605. The lowest BCUT2D eigenvalue weighted by molar-refractivity contribution is 0.440. The summed E-state index contributed by atoms with van der Waals surface area (Å²) in [6.45, 7) is 3.01. The van der Waals surface area contributed by atoms with Crippen molar-refractivity contribution in [2.24, 2.45) is 0 Å². The molecule has 1 aromatic carbocycles. The Bertz CT molecular complexity index is 298. The minimum atomic E-state index is 0.379. The average molecular weight is 160 g/mol. The van der Waals surface area contributed by atoms with Crippen molar-refractivity contribution < 1.29 is 4.74 Å². The van der Waals surface area contributed by atoms with Crippen molar-refractivity contribution in [3.8, 4) is 0 Å². The summed E-state index contributed by atoms with van der Waals surface area (Å²) in [5.74, 6) is 0. The molecule has 0 saturated carbocycles. The molecule has 1 unspecified atom stereocenters. The maximum absolute atomic E-state index is 5.08. The normalized spacial score (nSPS) is 21.6. The summed E-state index contributed by atoms with van der Waals surface area (Å²) in [6.07, 6.45) is 4.62. The van der Waals surface area contributed by atoms with E-state index in [1.807, 2.05) is 0 Å². The summed E-state index contributed by atoms with van der Waals surface area (Å²) >= 11 is 0. The molecule has 0 aliphatic carbocycles. The van der Waals surface area contributed by atoms with Gasteiger partial charge in [0.25, 0.3) is 0 Å². The van der Waals surface area contributed by atoms with Gasteiger partial charge in [-0.15, -0.1) is 0 Å². The second kappa shape index (κ2) is 3.11. The Hall–Kier alpha value is -1.08. The first kappa shape index (κ1) is 7.56. The van der Waals surface area contributed by atoms with Crippen molar-refractivity contribution >= 4 is 6.08 Å². The van der Waals surface area contributed by atoms with Crippen LogP contribution in [-0.4, -0.2) is 12.7 Å². The van der Waals surface area contributed by atoms with Crippen LogP contribution in [0.15, 0.2) is 30.3 Å². The number of hydrogen-bond acceptors (Lipinski definition) is 1. The van der Waals surface area contributed by atoms with Gasteiger partial charge >= 0.3 is 0 Å². The van der Waals surface area contributed by atoms with Crippen molar-refractivity contribution in [2.45, 2.75) is 13.0 Å². The third-order valence-electron chi connectivity index (χ3n) is 2.04. The predicted octanol–water partition coefficient (Wildman–Crippen LogP) is 2.41. The molecule has 0 bridgehead atoms. The molecule has 1 fully saturated rings. The van der Waals surface area contributed by atoms with E-state index in [2.05, 4.69) is 43.3 Å². The SMILES string of the molecule is Cc1ccccc1/C=C/C1CO1. The standard InChI is InChI=1S/C11H12O/c1-9-4-2-3-5-10(9)6-7-11-8-12-11/h2-7,11H,8H2,1H3/b7-6+. The van der Waals surface area contributed by atoms with Gasteiger partial charge in [-0.3, -0.25) is 0 Å². The van der Waals surface area contributed by atoms with Crippen LogP contribution in [0, 0.1) is 6.92 Å². The van der Waals surface area contributed by atoms with Gasteiger partial charge in [0.1, 0.15) is 0 Å². The summed E-state index contributed by atoms with van der Waals surface area (Å²) in [7, 11) is 0. The molecule has 12 heavy (non-hydrogen) atoms. The maximum atomic E-state index is 5.08. The smallest absolute Gasteiger partial charge is 0.0994 e. The fraction of sp³-hybridized carbons (Fsp3) is 0.273. The van der Waals surface area contributed by atoms with Crippen LogP contribution in [0.5, 0.6) is 0 Å². The number of ether oxygens (including phenoxy) is 1. The highest BCUT2D eigenvalue weighted by molar-refractivity contribution is 5.53. The van der Waals surface area contributed by atoms with Crippen molar-refractivity contribution in [3.05, 3.63) is 41.5 Å². The first-order chi connectivity index (χ1) is 5.86. The molecule has 1 aliphatic rings. The number of rotatable bonds is 2. The van der Waals surface area contributed by atoms with Gasteiger partial charge in [0.2, 0.25) is 0 Å². The Morgan fingerprint density at radius 1 is 1.42 bits per heavy atom. The van der Waals surface area contributed by atoms with E-state index in [9.17, 15) is 0 Å². The van der Waals surface area contributed by atoms with Gasteiger partial charge in [-0.2, -0.15) is 0 Å². The molecule has 1 saturated heterocycles. The van der Waals surface area contributed by atoms with E-state index in [1.54, 1.807) is 0 Å². The number of epoxide rings is 1. The van der Waals surface area contributed by atoms with Gasteiger partial charge in [-0.25, -0.2) is 0 Å². The molecular formula is C11H12O.